The van der Waals surface area contributed by atoms with Crippen LogP contribution in [-0.2, 0) is 20.9 Å². The zero-order chi connectivity index (χ0) is 15.4. The second-order valence-electron chi connectivity index (χ2n) is 4.99. The van der Waals surface area contributed by atoms with Gasteiger partial charge < -0.3 is 19.9 Å². The van der Waals surface area contributed by atoms with E-state index in [-0.39, 0.29) is 37.2 Å². The van der Waals surface area contributed by atoms with E-state index in [1.54, 1.807) is 6.92 Å². The molecule has 1 aromatic rings. The van der Waals surface area contributed by atoms with Gasteiger partial charge in [-0.05, 0) is 25.8 Å². The summed E-state index contributed by atoms with van der Waals surface area (Å²) in [7, 11) is 0. The summed E-state index contributed by atoms with van der Waals surface area (Å²) in [5, 5.41) is 0. The third kappa shape index (κ3) is 4.08. The van der Waals surface area contributed by atoms with Crippen LogP contribution in [0.15, 0.2) is 23.1 Å². The zero-order valence-corrected chi connectivity index (χ0v) is 11.9. The summed E-state index contributed by atoms with van der Waals surface area (Å²) >= 11 is 0. The number of pyridine rings is 1. The molecule has 1 amide bonds. The first-order valence-corrected chi connectivity index (χ1v) is 6.92. The Kier molecular flexibility index (Phi) is 4.62. The number of esters is 1. The smallest absolute Gasteiger partial charge is 0.325 e. The Bertz CT molecular complexity index is 592. The summed E-state index contributed by atoms with van der Waals surface area (Å²) in [4.78, 5) is 37.0. The van der Waals surface area contributed by atoms with Crippen LogP contribution in [-0.4, -0.2) is 40.5 Å². The molecule has 1 saturated carbocycles. The largest absolute Gasteiger partial charge is 0.465 e. The maximum absolute atomic E-state index is 12.3. The van der Waals surface area contributed by atoms with E-state index in [1.165, 1.54) is 27.8 Å². The lowest BCUT2D eigenvalue weighted by Crippen LogP contribution is -2.41. The first-order chi connectivity index (χ1) is 10.0. The van der Waals surface area contributed by atoms with Gasteiger partial charge >= 0.3 is 5.97 Å². The first kappa shape index (κ1) is 15.1. The normalized spacial score (nSPS) is 13.8. The molecule has 1 heterocycles. The number of carbonyl (C=O) groups excluding carboxylic acids is 2. The molecular weight excluding hydrogens is 274 g/mol. The third-order valence-electron chi connectivity index (χ3n) is 3.22. The van der Waals surface area contributed by atoms with E-state index in [4.69, 9.17) is 10.5 Å². The number of hydrogen-bond acceptors (Lipinski definition) is 5. The quantitative estimate of drug-likeness (QED) is 0.744. The fraction of sp³-hybridized carbons (Fsp3) is 0.500. The minimum Gasteiger partial charge on any atom is -0.465 e. The number of nitrogens with two attached hydrogens (primary N) is 1. The van der Waals surface area contributed by atoms with Gasteiger partial charge in [0.15, 0.2) is 0 Å². The first-order valence-electron chi connectivity index (χ1n) is 6.92. The molecule has 0 aliphatic heterocycles. The second kappa shape index (κ2) is 6.43. The molecular formula is C14H19N3O4. The van der Waals surface area contributed by atoms with Crippen molar-refractivity contribution in [3.63, 3.8) is 0 Å². The number of nitrogens with zero attached hydrogens (tertiary/aromatic N) is 2. The maximum Gasteiger partial charge on any atom is 0.325 e. The van der Waals surface area contributed by atoms with Gasteiger partial charge in [0.2, 0.25) is 5.91 Å². The Morgan fingerprint density at radius 3 is 2.76 bits per heavy atom. The Labute approximate surface area is 122 Å². The molecule has 0 bridgehead atoms. The molecule has 1 fully saturated rings. The summed E-state index contributed by atoms with van der Waals surface area (Å²) in [6.07, 6.45) is 3.17. The van der Waals surface area contributed by atoms with Crippen molar-refractivity contribution in [2.24, 2.45) is 0 Å². The van der Waals surface area contributed by atoms with Gasteiger partial charge in [0, 0.05) is 24.0 Å². The van der Waals surface area contributed by atoms with E-state index < -0.39 is 5.97 Å². The molecule has 1 aromatic heterocycles. The van der Waals surface area contributed by atoms with Gasteiger partial charge in [0.05, 0.1) is 6.61 Å². The predicted octanol–water partition coefficient (Wildman–Crippen LogP) is -0.0154. The predicted molar refractivity (Wildman–Crippen MR) is 76.5 cm³/mol. The van der Waals surface area contributed by atoms with E-state index in [9.17, 15) is 14.4 Å². The van der Waals surface area contributed by atoms with E-state index >= 15 is 0 Å². The lowest BCUT2D eigenvalue weighted by molar-refractivity contribution is -0.149. The maximum atomic E-state index is 12.3. The average Bonchev–Trinajstić information content (AvgIpc) is 3.25. The summed E-state index contributed by atoms with van der Waals surface area (Å²) < 4.78 is 6.12. The highest BCUT2D eigenvalue weighted by molar-refractivity contribution is 5.82. The summed E-state index contributed by atoms with van der Waals surface area (Å²) in [5.41, 5.74) is 5.72. The zero-order valence-electron chi connectivity index (χ0n) is 11.9. The molecule has 0 spiro atoms. The van der Waals surface area contributed by atoms with Crippen LogP contribution in [0.5, 0.6) is 0 Å². The highest BCUT2D eigenvalue weighted by atomic mass is 16.5. The number of aromatic nitrogens is 1. The standard InChI is InChI=1S/C14H19N3O4/c1-2-21-14(20)9-17(11-4-5-11)13(19)8-16-7-10(15)3-6-12(16)18/h3,6-7,11H,2,4-5,8-9,15H2,1H3. The molecule has 7 nitrogen and oxygen atoms in total. The molecule has 0 unspecified atom stereocenters. The van der Waals surface area contributed by atoms with Gasteiger partial charge in [-0.1, -0.05) is 0 Å². The molecule has 2 rings (SSSR count). The van der Waals surface area contributed by atoms with Gasteiger partial charge in [-0.25, -0.2) is 0 Å². The van der Waals surface area contributed by atoms with Crippen LogP contribution < -0.4 is 11.3 Å². The van der Waals surface area contributed by atoms with Crippen molar-refractivity contribution in [2.45, 2.75) is 32.4 Å². The number of hydrogen-bond donors (Lipinski definition) is 1. The summed E-state index contributed by atoms with van der Waals surface area (Å²) in [5.74, 6) is -0.712. The topological polar surface area (TPSA) is 94.6 Å². The van der Waals surface area contributed by atoms with Gasteiger partial charge in [0.25, 0.3) is 5.56 Å². The van der Waals surface area contributed by atoms with Crippen LogP contribution in [0, 0.1) is 0 Å². The Hall–Kier alpha value is -2.31. The van der Waals surface area contributed by atoms with E-state index in [2.05, 4.69) is 0 Å². The highest BCUT2D eigenvalue weighted by Crippen LogP contribution is 2.27. The van der Waals surface area contributed by atoms with E-state index in [0.717, 1.165) is 12.8 Å². The Morgan fingerprint density at radius 1 is 1.43 bits per heavy atom. The van der Waals surface area contributed by atoms with Crippen LogP contribution in [0.3, 0.4) is 0 Å². The molecule has 0 atom stereocenters. The SMILES string of the molecule is CCOC(=O)CN(C(=O)Cn1cc(N)ccc1=O)C1CC1. The number of anilines is 1. The van der Waals surface area contributed by atoms with Crippen LogP contribution in [0.1, 0.15) is 19.8 Å². The van der Waals surface area contributed by atoms with Crippen LogP contribution in [0.25, 0.3) is 0 Å². The Balaban J connectivity index is 2.06. The monoisotopic (exact) mass is 293 g/mol. The molecule has 1 aliphatic rings. The van der Waals surface area contributed by atoms with E-state index in [1.807, 2.05) is 0 Å². The number of amides is 1. The number of carbonyl (C=O) groups is 2. The summed E-state index contributed by atoms with van der Waals surface area (Å²) in [6, 6.07) is 2.87. The number of ether oxygens (including phenoxy) is 1. The number of nitrogen functional groups attached to an aromatic ring is 1. The lowest BCUT2D eigenvalue weighted by atomic mass is 10.3. The minimum absolute atomic E-state index is 0.0682. The van der Waals surface area contributed by atoms with Crippen LogP contribution in [0.2, 0.25) is 0 Å². The fourth-order valence-corrected chi connectivity index (χ4v) is 2.06. The van der Waals surface area contributed by atoms with Crippen molar-refractivity contribution < 1.29 is 14.3 Å². The molecule has 1 aliphatic carbocycles. The molecule has 7 heteroatoms. The second-order valence-corrected chi connectivity index (χ2v) is 4.99. The van der Waals surface area contributed by atoms with E-state index in [0.29, 0.717) is 5.69 Å². The fourth-order valence-electron chi connectivity index (χ4n) is 2.06. The van der Waals surface area contributed by atoms with Crippen molar-refractivity contribution in [1.29, 1.82) is 0 Å². The molecule has 2 N–H and O–H groups in total. The lowest BCUT2D eigenvalue weighted by Gasteiger charge is -2.21. The molecule has 0 saturated heterocycles. The van der Waals surface area contributed by atoms with Crippen molar-refractivity contribution >= 4 is 17.6 Å². The minimum atomic E-state index is -0.433. The van der Waals surface area contributed by atoms with Crippen LogP contribution in [0.4, 0.5) is 5.69 Å². The van der Waals surface area contributed by atoms with Crippen molar-refractivity contribution in [1.82, 2.24) is 9.47 Å². The molecule has 0 radical (unpaired) electrons. The van der Waals surface area contributed by atoms with Gasteiger partial charge in [-0.15, -0.1) is 0 Å². The third-order valence-corrected chi connectivity index (χ3v) is 3.22. The van der Waals surface area contributed by atoms with Crippen molar-refractivity contribution in [3.8, 4) is 0 Å². The molecule has 21 heavy (non-hydrogen) atoms. The van der Waals surface area contributed by atoms with Gasteiger partial charge in [0.1, 0.15) is 13.1 Å². The van der Waals surface area contributed by atoms with Gasteiger partial charge in [-0.3, -0.25) is 14.4 Å². The van der Waals surface area contributed by atoms with Crippen LogP contribution >= 0.6 is 0 Å². The average molecular weight is 293 g/mol. The Morgan fingerprint density at radius 2 is 2.14 bits per heavy atom. The number of rotatable bonds is 6. The molecule has 0 aromatic carbocycles. The summed E-state index contributed by atoms with van der Waals surface area (Å²) in [6.45, 7) is 1.79. The van der Waals surface area contributed by atoms with Crippen molar-refractivity contribution in [3.05, 3.63) is 28.7 Å². The highest BCUT2D eigenvalue weighted by Gasteiger charge is 2.34. The molecule has 114 valence electrons. The van der Waals surface area contributed by atoms with Gasteiger partial charge in [-0.2, -0.15) is 0 Å². The van der Waals surface area contributed by atoms with Crippen molar-refractivity contribution in [2.75, 3.05) is 18.9 Å².